The van der Waals surface area contributed by atoms with Gasteiger partial charge in [0.2, 0.25) is 0 Å². The van der Waals surface area contributed by atoms with Gasteiger partial charge >= 0.3 is 5.97 Å². The Morgan fingerprint density at radius 3 is 2.62 bits per heavy atom. The summed E-state index contributed by atoms with van der Waals surface area (Å²) in [6, 6.07) is 5.86. The first-order chi connectivity index (χ1) is 9.75. The smallest absolute Gasteiger partial charge is 0.375 e. The van der Waals surface area contributed by atoms with Crippen LogP contribution in [-0.4, -0.2) is 25.8 Å². The first kappa shape index (κ1) is 14.7. The summed E-state index contributed by atoms with van der Waals surface area (Å²) in [6.07, 6.45) is 0. The average Bonchev–Trinajstić information content (AvgIpc) is 2.83. The van der Waals surface area contributed by atoms with Crippen LogP contribution in [0.2, 0.25) is 0 Å². The Labute approximate surface area is 120 Å². The van der Waals surface area contributed by atoms with Crippen molar-refractivity contribution in [3.63, 3.8) is 0 Å². The molecule has 0 aliphatic rings. The third kappa shape index (κ3) is 2.60. The number of nitriles is 1. The van der Waals surface area contributed by atoms with Gasteiger partial charge in [-0.15, -0.1) is 5.10 Å². The van der Waals surface area contributed by atoms with Gasteiger partial charge in [0.05, 0.1) is 5.69 Å². The lowest BCUT2D eigenvalue weighted by Crippen LogP contribution is -2.19. The van der Waals surface area contributed by atoms with Crippen molar-refractivity contribution in [1.29, 1.82) is 5.26 Å². The van der Waals surface area contributed by atoms with Crippen molar-refractivity contribution in [3.8, 4) is 11.8 Å². The molecule has 0 atom stereocenters. The molecule has 0 unspecified atom stereocenters. The first-order valence-electron chi connectivity index (χ1n) is 6.15. The van der Waals surface area contributed by atoms with Crippen LogP contribution in [0.5, 0.6) is 0 Å². The number of aromatic carboxylic acids is 1. The predicted octanol–water partition coefficient (Wildman–Crippen LogP) is 2.27. The van der Waals surface area contributed by atoms with Crippen molar-refractivity contribution in [3.05, 3.63) is 41.2 Å². The summed E-state index contributed by atoms with van der Waals surface area (Å²) in [4.78, 5) is 15.1. The van der Waals surface area contributed by atoms with Gasteiger partial charge in [-0.25, -0.2) is 18.9 Å². The van der Waals surface area contributed by atoms with Crippen LogP contribution in [0, 0.1) is 17.1 Å². The van der Waals surface area contributed by atoms with Gasteiger partial charge in [-0.2, -0.15) is 5.26 Å². The van der Waals surface area contributed by atoms with Gasteiger partial charge < -0.3 is 5.11 Å². The maximum atomic E-state index is 13.7. The summed E-state index contributed by atoms with van der Waals surface area (Å²) in [5.41, 5.74) is -0.563. The lowest BCUT2D eigenvalue weighted by molar-refractivity contribution is 0.0683. The number of hydrogen-bond donors (Lipinski definition) is 1. The molecule has 0 bridgehead atoms. The largest absolute Gasteiger partial charge is 0.475 e. The maximum Gasteiger partial charge on any atom is 0.375 e. The summed E-state index contributed by atoms with van der Waals surface area (Å²) in [7, 11) is 0. The highest BCUT2D eigenvalue weighted by Gasteiger charge is 2.27. The Morgan fingerprint density at radius 1 is 1.43 bits per heavy atom. The minimum Gasteiger partial charge on any atom is -0.475 e. The number of halogens is 1. The Morgan fingerprint density at radius 2 is 2.10 bits per heavy atom. The monoisotopic (exact) mass is 288 g/mol. The number of carboxylic acid groups (broad SMARTS) is 1. The van der Waals surface area contributed by atoms with Crippen molar-refractivity contribution in [2.75, 3.05) is 0 Å². The molecule has 0 aliphatic heterocycles. The van der Waals surface area contributed by atoms with Gasteiger partial charge in [-0.1, -0.05) is 26.8 Å². The van der Waals surface area contributed by atoms with E-state index in [4.69, 9.17) is 10.4 Å². The number of carbonyl (C=O) groups is 1. The molecule has 1 N–H and O–H groups in total. The molecular weight excluding hydrogens is 275 g/mol. The van der Waals surface area contributed by atoms with Crippen LogP contribution < -0.4 is 0 Å². The van der Waals surface area contributed by atoms with Gasteiger partial charge in [-0.05, 0) is 12.1 Å². The topological polar surface area (TPSA) is 91.8 Å². The van der Waals surface area contributed by atoms with Crippen molar-refractivity contribution in [2.24, 2.45) is 0 Å². The van der Waals surface area contributed by atoms with E-state index in [1.807, 2.05) is 20.8 Å². The molecule has 2 rings (SSSR count). The van der Waals surface area contributed by atoms with E-state index >= 15 is 0 Å². The van der Waals surface area contributed by atoms with E-state index in [9.17, 15) is 9.18 Å². The fourth-order valence-corrected chi connectivity index (χ4v) is 1.86. The van der Waals surface area contributed by atoms with Crippen LogP contribution in [0.15, 0.2) is 18.2 Å². The minimum atomic E-state index is -1.28. The van der Waals surface area contributed by atoms with Crippen molar-refractivity contribution in [2.45, 2.75) is 26.2 Å². The molecule has 0 saturated heterocycles. The van der Waals surface area contributed by atoms with Gasteiger partial charge in [-0.3, -0.25) is 0 Å². The van der Waals surface area contributed by atoms with E-state index < -0.39 is 23.0 Å². The number of carboxylic acids is 1. The second-order valence-electron chi connectivity index (χ2n) is 5.47. The summed E-state index contributed by atoms with van der Waals surface area (Å²) >= 11 is 0. The zero-order chi connectivity index (χ0) is 15.8. The van der Waals surface area contributed by atoms with E-state index in [0.717, 1.165) is 6.07 Å². The molecule has 0 aliphatic carbocycles. The fraction of sp³-hybridized carbons (Fsp3) is 0.286. The molecule has 21 heavy (non-hydrogen) atoms. The molecule has 1 aromatic heterocycles. The second kappa shape index (κ2) is 4.98. The lowest BCUT2D eigenvalue weighted by Gasteiger charge is -2.18. The number of nitrogens with zero attached hydrogens (tertiary/aromatic N) is 4. The summed E-state index contributed by atoms with van der Waals surface area (Å²) in [6.45, 7) is 5.47. The molecule has 2 aromatic rings. The quantitative estimate of drug-likeness (QED) is 0.915. The predicted molar refractivity (Wildman–Crippen MR) is 71.7 cm³/mol. The molecule has 7 heteroatoms. The molecule has 6 nitrogen and oxygen atoms in total. The number of rotatable bonds is 2. The Hall–Kier alpha value is -2.75. The zero-order valence-electron chi connectivity index (χ0n) is 11.8. The van der Waals surface area contributed by atoms with Crippen LogP contribution >= 0.6 is 0 Å². The third-order valence-corrected chi connectivity index (χ3v) is 2.80. The standard InChI is InChI=1S/C14H13FN4O2/c1-14(2,3)13-17-11(12(20)21)18-19(13)10-6-4-5-9(15)8(10)7-16/h4-6H,1-3H3,(H,20,21). The Balaban J connectivity index is 2.78. The first-order valence-corrected chi connectivity index (χ1v) is 6.15. The van der Waals surface area contributed by atoms with E-state index in [2.05, 4.69) is 10.1 Å². The molecule has 0 radical (unpaired) electrons. The van der Waals surface area contributed by atoms with Gasteiger partial charge in [0.25, 0.3) is 5.82 Å². The fourth-order valence-electron chi connectivity index (χ4n) is 1.86. The zero-order valence-corrected chi connectivity index (χ0v) is 11.8. The highest BCUT2D eigenvalue weighted by molar-refractivity contribution is 5.83. The Kier molecular flexibility index (Phi) is 3.47. The van der Waals surface area contributed by atoms with E-state index in [0.29, 0.717) is 5.82 Å². The van der Waals surface area contributed by atoms with Crippen LogP contribution in [0.25, 0.3) is 5.69 Å². The maximum absolute atomic E-state index is 13.7. The second-order valence-corrected chi connectivity index (χ2v) is 5.47. The molecule has 0 fully saturated rings. The lowest BCUT2D eigenvalue weighted by atomic mass is 9.95. The van der Waals surface area contributed by atoms with Gasteiger partial charge in [0.15, 0.2) is 0 Å². The third-order valence-electron chi connectivity index (χ3n) is 2.80. The number of benzene rings is 1. The van der Waals surface area contributed by atoms with E-state index in [-0.39, 0.29) is 11.3 Å². The normalized spacial score (nSPS) is 11.2. The van der Waals surface area contributed by atoms with Crippen LogP contribution in [0.4, 0.5) is 4.39 Å². The van der Waals surface area contributed by atoms with E-state index in [1.54, 1.807) is 6.07 Å². The molecular formula is C14H13FN4O2. The molecule has 108 valence electrons. The summed E-state index contributed by atoms with van der Waals surface area (Å²) < 4.78 is 14.9. The SMILES string of the molecule is CC(C)(C)c1nc(C(=O)O)nn1-c1cccc(F)c1C#N. The molecule has 1 heterocycles. The van der Waals surface area contributed by atoms with E-state index in [1.165, 1.54) is 16.8 Å². The van der Waals surface area contributed by atoms with Gasteiger partial charge in [0.1, 0.15) is 23.3 Å². The van der Waals surface area contributed by atoms with Crippen molar-refractivity contribution in [1.82, 2.24) is 14.8 Å². The summed E-state index contributed by atoms with van der Waals surface area (Å²) in [5.74, 6) is -2.04. The van der Waals surface area contributed by atoms with Crippen molar-refractivity contribution >= 4 is 5.97 Å². The van der Waals surface area contributed by atoms with Gasteiger partial charge in [0, 0.05) is 5.41 Å². The molecule has 0 amide bonds. The minimum absolute atomic E-state index is 0.169. The summed E-state index contributed by atoms with van der Waals surface area (Å²) in [5, 5.41) is 22.0. The van der Waals surface area contributed by atoms with Crippen LogP contribution in [0.3, 0.4) is 0 Å². The number of aromatic nitrogens is 3. The average molecular weight is 288 g/mol. The van der Waals surface area contributed by atoms with Crippen molar-refractivity contribution < 1.29 is 14.3 Å². The highest BCUT2D eigenvalue weighted by atomic mass is 19.1. The molecule has 0 spiro atoms. The molecule has 0 saturated carbocycles. The highest BCUT2D eigenvalue weighted by Crippen LogP contribution is 2.25. The number of hydrogen-bond acceptors (Lipinski definition) is 4. The van der Waals surface area contributed by atoms with Crippen LogP contribution in [0.1, 0.15) is 42.8 Å². The van der Waals surface area contributed by atoms with Crippen LogP contribution in [-0.2, 0) is 5.41 Å². The molecule has 1 aromatic carbocycles. The Bertz CT molecular complexity index is 753.